The molecule has 3 atom stereocenters. The Morgan fingerprint density at radius 2 is 1.86 bits per heavy atom. The molecule has 6 rings (SSSR count). The van der Waals surface area contributed by atoms with E-state index in [1.54, 1.807) is 30.1 Å². The van der Waals surface area contributed by atoms with Gasteiger partial charge >= 0.3 is 0 Å². The van der Waals surface area contributed by atoms with E-state index in [2.05, 4.69) is 36.2 Å². The third-order valence-corrected chi connectivity index (χ3v) is 8.73. The quantitative estimate of drug-likeness (QED) is 0.220. The maximum atomic E-state index is 14.3. The van der Waals surface area contributed by atoms with Crippen LogP contribution in [0.25, 0.3) is 22.0 Å². The first-order valence-electron chi connectivity index (χ1n) is 14.1. The minimum atomic E-state index is -1.24. The van der Waals surface area contributed by atoms with E-state index >= 15 is 0 Å². The Morgan fingerprint density at radius 1 is 1.14 bits per heavy atom. The number of anilines is 1. The number of carbonyl (C=O) groups is 3. The molecular weight excluding hydrogens is 603 g/mol. The molecule has 1 saturated carbocycles. The van der Waals surface area contributed by atoms with Gasteiger partial charge in [0.1, 0.15) is 34.6 Å². The molecule has 2 fully saturated rings. The van der Waals surface area contributed by atoms with Crippen molar-refractivity contribution in [1.29, 1.82) is 0 Å². The molecule has 0 spiro atoms. The number of pyridine rings is 1. The summed E-state index contributed by atoms with van der Waals surface area (Å²) in [5.41, 5.74) is 3.31. The number of fused-ring (bicyclic) bond motifs is 2. The van der Waals surface area contributed by atoms with Gasteiger partial charge in [-0.3, -0.25) is 14.4 Å². The Balaban J connectivity index is 1.34. The second kappa shape index (κ2) is 10.1. The summed E-state index contributed by atoms with van der Waals surface area (Å²) in [5.74, 6) is -0.909. The number of aryl methyl sites for hydroxylation is 2. The van der Waals surface area contributed by atoms with Crippen molar-refractivity contribution in [2.45, 2.75) is 66.1 Å². The molecule has 1 aliphatic heterocycles. The number of nitrogens with zero attached hydrogens (tertiary/aromatic N) is 5. The fraction of sp³-hybridized carbons (Fsp3) is 0.355. The zero-order valence-electron chi connectivity index (χ0n) is 24.9. The van der Waals surface area contributed by atoms with Gasteiger partial charge in [-0.2, -0.15) is 0 Å². The van der Waals surface area contributed by atoms with Gasteiger partial charge in [-0.15, -0.1) is 0 Å². The molecule has 2 aliphatic rings. The van der Waals surface area contributed by atoms with Crippen molar-refractivity contribution in [1.82, 2.24) is 24.4 Å². The fourth-order valence-corrected chi connectivity index (χ4v) is 6.37. The minimum Gasteiger partial charge on any atom is -0.337 e. The van der Waals surface area contributed by atoms with Crippen LogP contribution in [0.5, 0.6) is 0 Å². The minimum absolute atomic E-state index is 0.0574. The number of carbonyl (C=O) groups excluding carboxylic acids is 3. The number of benzene rings is 1. The van der Waals surface area contributed by atoms with Gasteiger partial charge in [0.25, 0.3) is 0 Å². The lowest BCUT2D eigenvalue weighted by Gasteiger charge is -2.27. The molecule has 1 saturated heterocycles. The van der Waals surface area contributed by atoms with E-state index < -0.39 is 35.1 Å². The number of amides is 2. The Morgan fingerprint density at radius 3 is 2.55 bits per heavy atom. The molecule has 216 valence electrons. The Kier molecular flexibility index (Phi) is 6.45. The average molecular weight is 635 g/mol. The zero-order chi connectivity index (χ0) is 31.0. The molecule has 9 nitrogen and oxygen atoms in total. The first-order valence-corrected chi connectivity index (χ1v) is 14.4. The normalized spacial score (nSPS) is 23.1. The van der Waals surface area contributed by atoms with Crippen LogP contribution >= 0.6 is 15.9 Å². The third kappa shape index (κ3) is 4.79. The molecule has 2 amide bonds. The number of Topliss-reactive ketones (excluding diaryl/α,β-unsaturated/α-hetero) is 1. The lowest BCUT2D eigenvalue weighted by molar-refractivity contribution is -0.138. The van der Waals surface area contributed by atoms with Crippen LogP contribution in [0.2, 0.25) is 0 Å². The summed E-state index contributed by atoms with van der Waals surface area (Å²) in [6.45, 7) is 8.44. The van der Waals surface area contributed by atoms with Gasteiger partial charge < -0.3 is 14.8 Å². The van der Waals surface area contributed by atoms with E-state index in [0.29, 0.717) is 29.6 Å². The summed E-state index contributed by atoms with van der Waals surface area (Å²) in [6, 6.07) is 2.90. The van der Waals surface area contributed by atoms with Gasteiger partial charge in [0.15, 0.2) is 5.78 Å². The lowest BCUT2D eigenvalue weighted by atomic mass is 10.0. The van der Waals surface area contributed by atoms with E-state index in [9.17, 15) is 18.8 Å². The second-order valence-electron chi connectivity index (χ2n) is 11.5. The summed E-state index contributed by atoms with van der Waals surface area (Å²) in [5, 5.41) is 3.38. The van der Waals surface area contributed by atoms with Crippen LogP contribution in [0.4, 0.5) is 10.2 Å². The second-order valence-corrected chi connectivity index (χ2v) is 12.3. The topological polar surface area (TPSA) is 110 Å². The van der Waals surface area contributed by atoms with E-state index in [0.717, 1.165) is 22.2 Å². The number of nitrogens with one attached hydrogen (secondary N) is 1. The number of piperidine rings is 1. The predicted octanol–water partition coefficient (Wildman–Crippen LogP) is 5.54. The van der Waals surface area contributed by atoms with E-state index in [1.807, 2.05) is 26.0 Å². The highest BCUT2D eigenvalue weighted by atomic mass is 79.9. The van der Waals surface area contributed by atoms with Crippen LogP contribution in [-0.2, 0) is 16.1 Å². The van der Waals surface area contributed by atoms with Gasteiger partial charge in [0.05, 0.1) is 6.89 Å². The van der Waals surface area contributed by atoms with E-state index in [4.69, 9.17) is 1.37 Å². The van der Waals surface area contributed by atoms with Crippen LogP contribution in [0.1, 0.15) is 55.4 Å². The first kappa shape index (κ1) is 26.9. The van der Waals surface area contributed by atoms with Crippen molar-refractivity contribution in [3.63, 3.8) is 0 Å². The molecule has 4 heterocycles. The van der Waals surface area contributed by atoms with Gasteiger partial charge in [0.2, 0.25) is 11.8 Å². The first-order chi connectivity index (χ1) is 20.2. The van der Waals surface area contributed by atoms with Crippen LogP contribution in [0.3, 0.4) is 0 Å². The highest BCUT2D eigenvalue weighted by molar-refractivity contribution is 9.10. The van der Waals surface area contributed by atoms with Crippen LogP contribution in [-0.4, -0.2) is 54.1 Å². The number of halogens is 2. The lowest BCUT2D eigenvalue weighted by Crippen LogP contribution is -2.46. The number of ketones is 1. The molecule has 4 aromatic rings. The third-order valence-electron chi connectivity index (χ3n) is 8.33. The summed E-state index contributed by atoms with van der Waals surface area (Å²) in [7, 11) is 0. The standard InChI is InChI=1S/C31H30BrFN6O3/c1-15-6-19(20-11-34-18(4)35-12-20)7-21-22(17(3)40)13-38(28(15)21)14-27(41)39-24(9-31(5)10-25(31)39)30(42)37-29-16(2)23(33)8-26(32)36-29/h6-8,11-13,24-25H,9-10,14H2,1-5H3,(H,36,37,42)/t24-,25+,31-/m0/s1/i25D. The van der Waals surface area contributed by atoms with Crippen molar-refractivity contribution < 1.29 is 20.1 Å². The SMILES string of the molecule is [2H][C@@]12C[C@]1(C)C[C@@H](C(=O)Nc1nc(Br)cc(F)c1C)N2C(=O)Cn1cc(C(C)=O)c2cc(-c3cnc(C)nc3)cc(C)c21. The monoisotopic (exact) mass is 633 g/mol. The van der Waals surface area contributed by atoms with Gasteiger partial charge in [-0.25, -0.2) is 19.3 Å². The van der Waals surface area contributed by atoms with Crippen LogP contribution in [0.15, 0.2) is 41.4 Å². The van der Waals surface area contributed by atoms with Crippen molar-refractivity contribution in [3.05, 3.63) is 69.7 Å². The number of likely N-dealkylation sites (tertiary alicyclic amines) is 1. The molecule has 0 bridgehead atoms. The summed E-state index contributed by atoms with van der Waals surface area (Å²) >= 11 is 3.15. The molecule has 42 heavy (non-hydrogen) atoms. The van der Waals surface area contributed by atoms with Gasteiger partial charge in [-0.1, -0.05) is 6.92 Å². The Labute approximate surface area is 252 Å². The van der Waals surface area contributed by atoms with Crippen LogP contribution in [0, 0.1) is 32.0 Å². The van der Waals surface area contributed by atoms with Crippen molar-refractivity contribution in [2.24, 2.45) is 5.41 Å². The molecule has 1 aliphatic carbocycles. The van der Waals surface area contributed by atoms with Crippen molar-refractivity contribution in [3.8, 4) is 11.1 Å². The molecule has 0 radical (unpaired) electrons. The molecule has 3 aromatic heterocycles. The number of hydrogen-bond donors (Lipinski definition) is 1. The molecule has 11 heteroatoms. The highest BCUT2D eigenvalue weighted by Gasteiger charge is 2.64. The number of hydrogen-bond acceptors (Lipinski definition) is 6. The summed E-state index contributed by atoms with van der Waals surface area (Å²) < 4.78 is 25.4. The highest BCUT2D eigenvalue weighted by Crippen LogP contribution is 2.59. The molecular formula is C31H30BrFN6O3. The zero-order valence-corrected chi connectivity index (χ0v) is 25.5. The smallest absolute Gasteiger partial charge is 0.248 e. The number of rotatable bonds is 6. The summed E-state index contributed by atoms with van der Waals surface area (Å²) in [4.78, 5) is 54.4. The largest absolute Gasteiger partial charge is 0.337 e. The predicted molar refractivity (Wildman–Crippen MR) is 159 cm³/mol. The summed E-state index contributed by atoms with van der Waals surface area (Å²) in [6.07, 6.45) is 5.88. The van der Waals surface area contributed by atoms with Crippen LogP contribution < -0.4 is 5.32 Å². The van der Waals surface area contributed by atoms with E-state index in [-0.39, 0.29) is 28.3 Å². The molecule has 1 N–H and O–H groups in total. The van der Waals surface area contributed by atoms with Gasteiger partial charge in [-0.05, 0) is 85.1 Å². The van der Waals surface area contributed by atoms with Gasteiger partial charge in [0, 0.05) is 52.8 Å². The Hall–Kier alpha value is -3.99. The van der Waals surface area contributed by atoms with Crippen molar-refractivity contribution in [2.75, 3.05) is 5.32 Å². The maximum absolute atomic E-state index is 14.3. The van der Waals surface area contributed by atoms with Crippen molar-refractivity contribution >= 4 is 50.2 Å². The Bertz CT molecular complexity index is 1860. The molecule has 0 unspecified atom stereocenters. The maximum Gasteiger partial charge on any atom is 0.248 e. The fourth-order valence-electron chi connectivity index (χ4n) is 5.99. The van der Waals surface area contributed by atoms with E-state index in [1.165, 1.54) is 24.8 Å². The average Bonchev–Trinajstić information content (AvgIpc) is 3.18. The number of aromatic nitrogens is 4. The molecule has 1 aromatic carbocycles.